The van der Waals surface area contributed by atoms with Gasteiger partial charge in [0.2, 0.25) is 10.0 Å². The molecule has 2 rings (SSSR count). The summed E-state index contributed by atoms with van der Waals surface area (Å²) in [5, 5.41) is 3.17. The molecule has 0 spiro atoms. The molecule has 1 fully saturated rings. The molecule has 1 aromatic rings. The van der Waals surface area contributed by atoms with Crippen molar-refractivity contribution in [1.82, 2.24) is 9.62 Å². The number of rotatable bonds is 2. The van der Waals surface area contributed by atoms with E-state index in [1.165, 1.54) is 16.4 Å². The normalized spacial score (nSPS) is 20.4. The number of hydrogen-bond acceptors (Lipinski definition) is 3. The van der Waals surface area contributed by atoms with Crippen LogP contribution in [-0.4, -0.2) is 37.9 Å². The Morgan fingerprint density at radius 3 is 2.63 bits per heavy atom. The molecule has 4 nitrogen and oxygen atoms in total. The third-order valence-electron chi connectivity index (χ3n) is 3.46. The zero-order valence-corrected chi connectivity index (χ0v) is 12.2. The summed E-state index contributed by atoms with van der Waals surface area (Å²) in [6, 6.07) is 4.06. The van der Waals surface area contributed by atoms with Crippen molar-refractivity contribution in [2.75, 3.05) is 19.6 Å². The highest BCUT2D eigenvalue weighted by Gasteiger charge is 2.39. The van der Waals surface area contributed by atoms with Crippen molar-refractivity contribution in [2.24, 2.45) is 0 Å². The second-order valence-corrected chi connectivity index (χ2v) is 7.34. The fraction of sp³-hybridized carbons (Fsp3) is 0.538. The summed E-state index contributed by atoms with van der Waals surface area (Å²) < 4.78 is 40.2. The molecule has 19 heavy (non-hydrogen) atoms. The smallest absolute Gasteiger partial charge is 0.243 e. The average molecular weight is 286 g/mol. The summed E-state index contributed by atoms with van der Waals surface area (Å²) in [7, 11) is -3.66. The summed E-state index contributed by atoms with van der Waals surface area (Å²) in [5.41, 5.74) is -0.0724. The molecule has 0 radical (unpaired) electrons. The van der Waals surface area contributed by atoms with E-state index >= 15 is 0 Å². The number of sulfonamides is 1. The summed E-state index contributed by atoms with van der Waals surface area (Å²) in [6.45, 7) is 6.92. The molecule has 0 aliphatic carbocycles. The molecular weight excluding hydrogens is 267 g/mol. The van der Waals surface area contributed by atoms with Crippen LogP contribution in [0.2, 0.25) is 0 Å². The predicted octanol–water partition coefficient (Wildman–Crippen LogP) is 1.51. The lowest BCUT2D eigenvalue weighted by molar-refractivity contribution is 0.186. The topological polar surface area (TPSA) is 49.4 Å². The Labute approximate surface area is 113 Å². The van der Waals surface area contributed by atoms with Gasteiger partial charge in [-0.25, -0.2) is 12.8 Å². The quantitative estimate of drug-likeness (QED) is 0.896. The van der Waals surface area contributed by atoms with Crippen LogP contribution in [0.5, 0.6) is 0 Å². The van der Waals surface area contributed by atoms with E-state index in [2.05, 4.69) is 5.32 Å². The Kier molecular flexibility index (Phi) is 3.68. The van der Waals surface area contributed by atoms with E-state index in [9.17, 15) is 12.8 Å². The zero-order valence-electron chi connectivity index (χ0n) is 11.4. The zero-order chi connectivity index (χ0) is 14.3. The molecule has 1 aliphatic heterocycles. The minimum Gasteiger partial charge on any atom is -0.314 e. The van der Waals surface area contributed by atoms with Gasteiger partial charge < -0.3 is 5.32 Å². The Balaban J connectivity index is 2.44. The van der Waals surface area contributed by atoms with Gasteiger partial charge in [0.1, 0.15) is 5.82 Å². The van der Waals surface area contributed by atoms with Gasteiger partial charge in [0.25, 0.3) is 0 Å². The molecule has 0 aromatic heterocycles. The van der Waals surface area contributed by atoms with Crippen molar-refractivity contribution in [1.29, 1.82) is 0 Å². The molecule has 106 valence electrons. The number of benzene rings is 1. The van der Waals surface area contributed by atoms with Crippen LogP contribution >= 0.6 is 0 Å². The third kappa shape index (κ3) is 2.66. The first kappa shape index (κ1) is 14.4. The average Bonchev–Trinajstić information content (AvgIpc) is 2.31. The molecule has 1 heterocycles. The fourth-order valence-electron chi connectivity index (χ4n) is 2.27. The van der Waals surface area contributed by atoms with Gasteiger partial charge in [0.15, 0.2) is 0 Å². The Bertz CT molecular complexity index is 584. The molecule has 0 amide bonds. The van der Waals surface area contributed by atoms with Crippen LogP contribution in [0.4, 0.5) is 4.39 Å². The van der Waals surface area contributed by atoms with Gasteiger partial charge in [-0.05, 0) is 38.5 Å². The standard InChI is InChI=1S/C13H19FN2O2S/c1-10-4-5-11(8-12(10)14)19(17,18)16-7-6-15-9-13(16,2)3/h4-5,8,15H,6-7,9H2,1-3H3. The maximum Gasteiger partial charge on any atom is 0.243 e. The fourth-order valence-corrected chi connectivity index (χ4v) is 4.07. The van der Waals surface area contributed by atoms with E-state index in [1.54, 1.807) is 6.92 Å². The van der Waals surface area contributed by atoms with E-state index in [-0.39, 0.29) is 4.90 Å². The second kappa shape index (κ2) is 4.85. The summed E-state index contributed by atoms with van der Waals surface area (Å²) in [4.78, 5) is 0.0191. The minimum absolute atomic E-state index is 0.0191. The van der Waals surface area contributed by atoms with Crippen LogP contribution in [0.15, 0.2) is 23.1 Å². The number of nitrogens with one attached hydrogen (secondary N) is 1. The van der Waals surface area contributed by atoms with Gasteiger partial charge in [0.05, 0.1) is 4.90 Å². The number of aryl methyl sites for hydroxylation is 1. The number of hydrogen-bond donors (Lipinski definition) is 1. The SMILES string of the molecule is Cc1ccc(S(=O)(=O)N2CCNCC2(C)C)cc1F. The molecule has 1 aliphatic rings. The highest BCUT2D eigenvalue weighted by atomic mass is 32.2. The maximum atomic E-state index is 13.6. The van der Waals surface area contributed by atoms with Crippen LogP contribution in [0.25, 0.3) is 0 Å². The maximum absolute atomic E-state index is 13.6. The second-order valence-electron chi connectivity index (χ2n) is 5.48. The van der Waals surface area contributed by atoms with Crippen LogP contribution < -0.4 is 5.32 Å². The van der Waals surface area contributed by atoms with Gasteiger partial charge >= 0.3 is 0 Å². The van der Waals surface area contributed by atoms with Crippen molar-refractivity contribution >= 4 is 10.0 Å². The van der Waals surface area contributed by atoms with Crippen LogP contribution in [0, 0.1) is 12.7 Å². The highest BCUT2D eigenvalue weighted by Crippen LogP contribution is 2.26. The Morgan fingerprint density at radius 1 is 1.37 bits per heavy atom. The largest absolute Gasteiger partial charge is 0.314 e. The molecular formula is C13H19FN2O2S. The highest BCUT2D eigenvalue weighted by molar-refractivity contribution is 7.89. The predicted molar refractivity (Wildman–Crippen MR) is 72.0 cm³/mol. The number of piperazine rings is 1. The van der Waals surface area contributed by atoms with Crippen molar-refractivity contribution in [3.8, 4) is 0 Å². The van der Waals surface area contributed by atoms with Gasteiger partial charge in [-0.15, -0.1) is 0 Å². The molecule has 0 unspecified atom stereocenters. The Morgan fingerprint density at radius 2 is 2.05 bits per heavy atom. The van der Waals surface area contributed by atoms with Gasteiger partial charge in [-0.3, -0.25) is 0 Å². The van der Waals surface area contributed by atoms with Gasteiger partial charge in [0, 0.05) is 25.2 Å². The molecule has 0 atom stereocenters. The van der Waals surface area contributed by atoms with Crippen molar-refractivity contribution in [3.05, 3.63) is 29.6 Å². The summed E-state index contributed by atoms with van der Waals surface area (Å²) in [6.07, 6.45) is 0. The van der Waals surface area contributed by atoms with E-state index in [4.69, 9.17) is 0 Å². The van der Waals surface area contributed by atoms with Crippen LogP contribution in [0.3, 0.4) is 0 Å². The molecule has 6 heteroatoms. The van der Waals surface area contributed by atoms with Crippen molar-refractivity contribution in [3.63, 3.8) is 0 Å². The van der Waals surface area contributed by atoms with Crippen LogP contribution in [0.1, 0.15) is 19.4 Å². The van der Waals surface area contributed by atoms with E-state index < -0.39 is 21.4 Å². The van der Waals surface area contributed by atoms with Crippen molar-refractivity contribution in [2.45, 2.75) is 31.2 Å². The lowest BCUT2D eigenvalue weighted by Crippen LogP contribution is -2.59. The monoisotopic (exact) mass is 286 g/mol. The number of halogens is 1. The summed E-state index contributed by atoms with van der Waals surface area (Å²) >= 11 is 0. The Hall–Kier alpha value is -0.980. The van der Waals surface area contributed by atoms with E-state index in [0.29, 0.717) is 25.2 Å². The van der Waals surface area contributed by atoms with Crippen molar-refractivity contribution < 1.29 is 12.8 Å². The molecule has 1 N–H and O–H groups in total. The van der Waals surface area contributed by atoms with Gasteiger partial charge in [-0.1, -0.05) is 6.07 Å². The molecule has 0 bridgehead atoms. The molecule has 1 aromatic carbocycles. The lowest BCUT2D eigenvalue weighted by atomic mass is 10.0. The summed E-state index contributed by atoms with van der Waals surface area (Å²) in [5.74, 6) is -0.492. The lowest BCUT2D eigenvalue weighted by Gasteiger charge is -2.41. The van der Waals surface area contributed by atoms with Crippen LogP contribution in [-0.2, 0) is 10.0 Å². The first-order valence-corrected chi connectivity index (χ1v) is 7.69. The first-order chi connectivity index (χ1) is 8.75. The molecule has 1 saturated heterocycles. The third-order valence-corrected chi connectivity index (χ3v) is 5.56. The van der Waals surface area contributed by atoms with Gasteiger partial charge in [-0.2, -0.15) is 4.31 Å². The first-order valence-electron chi connectivity index (χ1n) is 6.25. The number of nitrogens with zero attached hydrogens (tertiary/aromatic N) is 1. The van der Waals surface area contributed by atoms with E-state index in [1.807, 2.05) is 13.8 Å². The molecule has 0 saturated carbocycles. The minimum atomic E-state index is -3.66. The van der Waals surface area contributed by atoms with E-state index in [0.717, 1.165) is 6.07 Å².